The zero-order chi connectivity index (χ0) is 12.7. The third-order valence-electron chi connectivity index (χ3n) is 2.02. The maximum atomic E-state index is 11.3. The number of amides is 1. The Morgan fingerprint density at radius 3 is 2.88 bits per heavy atom. The van der Waals surface area contributed by atoms with E-state index in [1.54, 1.807) is 19.1 Å². The molecule has 0 aliphatic carbocycles. The number of para-hydroxylation sites is 1. The first kappa shape index (κ1) is 13.8. The van der Waals surface area contributed by atoms with Crippen LogP contribution < -0.4 is 10.1 Å². The summed E-state index contributed by atoms with van der Waals surface area (Å²) in [6.07, 6.45) is -0.304. The fourth-order valence-corrected chi connectivity index (χ4v) is 1.36. The van der Waals surface area contributed by atoms with Gasteiger partial charge < -0.3 is 15.2 Å². The Balaban J connectivity index is 2.24. The van der Waals surface area contributed by atoms with Crippen molar-refractivity contribution in [1.29, 1.82) is 0 Å². The Kier molecular flexibility index (Phi) is 5.80. The minimum atomic E-state index is -0.538. The summed E-state index contributed by atoms with van der Waals surface area (Å²) in [7, 11) is 0. The predicted octanol–water partition coefficient (Wildman–Crippen LogP) is 1.61. The third-order valence-corrected chi connectivity index (χ3v) is 2.33. The molecule has 0 bridgehead atoms. The second-order valence-electron chi connectivity index (χ2n) is 3.68. The first-order chi connectivity index (χ1) is 8.09. The van der Waals surface area contributed by atoms with Crippen molar-refractivity contribution in [3.63, 3.8) is 0 Å². The molecule has 94 valence electrons. The number of nitrogens with one attached hydrogen (secondary N) is 1. The number of benzene rings is 1. The van der Waals surface area contributed by atoms with Crippen LogP contribution in [0, 0.1) is 0 Å². The highest BCUT2D eigenvalue weighted by Crippen LogP contribution is 2.22. The molecule has 0 saturated carbocycles. The number of aliphatic hydroxyl groups is 1. The molecule has 0 fully saturated rings. The molecule has 0 spiro atoms. The van der Waals surface area contributed by atoms with Gasteiger partial charge in [0.25, 0.3) is 0 Å². The van der Waals surface area contributed by atoms with Crippen molar-refractivity contribution < 1.29 is 14.6 Å². The van der Waals surface area contributed by atoms with Gasteiger partial charge >= 0.3 is 0 Å². The zero-order valence-electron chi connectivity index (χ0n) is 9.65. The number of rotatable bonds is 6. The molecule has 1 aromatic carbocycles. The van der Waals surface area contributed by atoms with Crippen molar-refractivity contribution in [2.45, 2.75) is 19.4 Å². The van der Waals surface area contributed by atoms with Crippen molar-refractivity contribution in [3.8, 4) is 5.75 Å². The molecule has 17 heavy (non-hydrogen) atoms. The van der Waals surface area contributed by atoms with Crippen LogP contribution in [0.5, 0.6) is 5.75 Å². The van der Waals surface area contributed by atoms with Gasteiger partial charge in [-0.2, -0.15) is 0 Å². The van der Waals surface area contributed by atoms with E-state index < -0.39 is 6.10 Å². The zero-order valence-corrected chi connectivity index (χ0v) is 10.4. The number of carbonyl (C=O) groups excluding carboxylic acids is 1. The summed E-state index contributed by atoms with van der Waals surface area (Å²) in [6, 6.07) is 7.10. The Morgan fingerprint density at radius 1 is 1.53 bits per heavy atom. The lowest BCUT2D eigenvalue weighted by Crippen LogP contribution is -2.31. The van der Waals surface area contributed by atoms with Gasteiger partial charge in [0, 0.05) is 6.54 Å². The highest BCUT2D eigenvalue weighted by atomic mass is 35.5. The van der Waals surface area contributed by atoms with Gasteiger partial charge in [-0.05, 0) is 19.1 Å². The summed E-state index contributed by atoms with van der Waals surface area (Å²) in [4.78, 5) is 11.3. The van der Waals surface area contributed by atoms with E-state index in [9.17, 15) is 4.79 Å². The second-order valence-corrected chi connectivity index (χ2v) is 4.09. The molecule has 1 amide bonds. The van der Waals surface area contributed by atoms with Crippen LogP contribution >= 0.6 is 11.6 Å². The van der Waals surface area contributed by atoms with Crippen LogP contribution in [-0.4, -0.2) is 30.3 Å². The normalized spacial score (nSPS) is 11.9. The topological polar surface area (TPSA) is 58.6 Å². The molecule has 2 N–H and O–H groups in total. The number of aliphatic hydroxyl groups excluding tert-OH is 1. The Labute approximate surface area is 106 Å². The molecule has 1 atom stereocenters. The lowest BCUT2D eigenvalue weighted by molar-refractivity contribution is -0.122. The van der Waals surface area contributed by atoms with Crippen LogP contribution in [0.4, 0.5) is 0 Å². The highest BCUT2D eigenvalue weighted by molar-refractivity contribution is 6.32. The highest BCUT2D eigenvalue weighted by Gasteiger charge is 2.04. The number of hydrogen-bond acceptors (Lipinski definition) is 3. The van der Waals surface area contributed by atoms with Gasteiger partial charge in [0.15, 0.2) is 0 Å². The van der Waals surface area contributed by atoms with Crippen molar-refractivity contribution in [1.82, 2.24) is 5.32 Å². The van der Waals surface area contributed by atoms with E-state index in [1.165, 1.54) is 0 Å². The number of hydrogen-bond donors (Lipinski definition) is 2. The predicted molar refractivity (Wildman–Crippen MR) is 66.3 cm³/mol. The summed E-state index contributed by atoms with van der Waals surface area (Å²) < 4.78 is 5.36. The maximum absolute atomic E-state index is 11.3. The van der Waals surface area contributed by atoms with Crippen LogP contribution in [0.25, 0.3) is 0 Å². The standard InChI is InChI=1S/C12H16ClNO3/c1-9(15)8-14-12(16)6-7-17-11-5-3-2-4-10(11)13/h2-5,9,15H,6-8H2,1H3,(H,14,16)/t9-/m1/s1. The molecule has 0 aliphatic rings. The molecule has 1 rings (SSSR count). The SMILES string of the molecule is C[C@@H](O)CNC(=O)CCOc1ccccc1Cl. The van der Waals surface area contributed by atoms with E-state index in [0.29, 0.717) is 10.8 Å². The van der Waals surface area contributed by atoms with Gasteiger partial charge in [-0.1, -0.05) is 23.7 Å². The quantitative estimate of drug-likeness (QED) is 0.814. The van der Waals surface area contributed by atoms with Crippen LogP contribution in [-0.2, 0) is 4.79 Å². The van der Waals surface area contributed by atoms with Gasteiger partial charge in [-0.25, -0.2) is 0 Å². The van der Waals surface area contributed by atoms with Crippen molar-refractivity contribution in [2.24, 2.45) is 0 Å². The molecule has 0 radical (unpaired) electrons. The minimum Gasteiger partial charge on any atom is -0.491 e. The van der Waals surface area contributed by atoms with Crippen LogP contribution in [0.1, 0.15) is 13.3 Å². The monoisotopic (exact) mass is 257 g/mol. The Bertz CT molecular complexity index is 369. The summed E-state index contributed by atoms with van der Waals surface area (Å²) in [5.41, 5.74) is 0. The third kappa shape index (κ3) is 5.56. The second kappa shape index (κ2) is 7.14. The molecule has 0 aliphatic heterocycles. The molecule has 5 heteroatoms. The van der Waals surface area contributed by atoms with Crippen molar-refractivity contribution in [3.05, 3.63) is 29.3 Å². The molecule has 0 aromatic heterocycles. The van der Waals surface area contributed by atoms with E-state index in [1.807, 2.05) is 12.1 Å². The number of carbonyl (C=O) groups is 1. The average Bonchev–Trinajstić information content (AvgIpc) is 2.29. The molecule has 0 saturated heterocycles. The molecule has 4 nitrogen and oxygen atoms in total. The van der Waals surface area contributed by atoms with E-state index in [2.05, 4.69) is 5.32 Å². The lowest BCUT2D eigenvalue weighted by atomic mass is 10.3. The van der Waals surface area contributed by atoms with Gasteiger partial charge in [0.1, 0.15) is 5.75 Å². The molecular weight excluding hydrogens is 242 g/mol. The first-order valence-electron chi connectivity index (χ1n) is 5.41. The Morgan fingerprint density at radius 2 is 2.24 bits per heavy atom. The number of halogens is 1. The van der Waals surface area contributed by atoms with Gasteiger partial charge in [0.2, 0.25) is 5.91 Å². The molecule has 0 unspecified atom stereocenters. The molecule has 1 aromatic rings. The number of ether oxygens (including phenoxy) is 1. The van der Waals surface area contributed by atoms with Crippen molar-refractivity contribution in [2.75, 3.05) is 13.2 Å². The van der Waals surface area contributed by atoms with Gasteiger partial charge in [0.05, 0.1) is 24.2 Å². The van der Waals surface area contributed by atoms with Crippen LogP contribution in [0.15, 0.2) is 24.3 Å². The first-order valence-corrected chi connectivity index (χ1v) is 5.79. The lowest BCUT2D eigenvalue weighted by Gasteiger charge is -2.09. The van der Waals surface area contributed by atoms with Crippen LogP contribution in [0.3, 0.4) is 0 Å². The van der Waals surface area contributed by atoms with Gasteiger partial charge in [-0.3, -0.25) is 4.79 Å². The molecular formula is C12H16ClNO3. The molecule has 0 heterocycles. The summed E-state index contributed by atoms with van der Waals surface area (Å²) in [5.74, 6) is 0.412. The Hall–Kier alpha value is -1.26. The fraction of sp³-hybridized carbons (Fsp3) is 0.417. The fourth-order valence-electron chi connectivity index (χ4n) is 1.17. The van der Waals surface area contributed by atoms with E-state index >= 15 is 0 Å². The van der Waals surface area contributed by atoms with E-state index in [-0.39, 0.29) is 25.5 Å². The smallest absolute Gasteiger partial charge is 0.223 e. The summed E-state index contributed by atoms with van der Waals surface area (Å²) >= 11 is 5.88. The summed E-state index contributed by atoms with van der Waals surface area (Å²) in [5, 5.41) is 12.1. The van der Waals surface area contributed by atoms with Crippen LogP contribution in [0.2, 0.25) is 5.02 Å². The largest absolute Gasteiger partial charge is 0.491 e. The summed E-state index contributed by atoms with van der Waals surface area (Å²) in [6.45, 7) is 2.13. The van der Waals surface area contributed by atoms with Gasteiger partial charge in [-0.15, -0.1) is 0 Å². The van der Waals surface area contributed by atoms with E-state index in [4.69, 9.17) is 21.4 Å². The average molecular weight is 258 g/mol. The van der Waals surface area contributed by atoms with Crippen molar-refractivity contribution >= 4 is 17.5 Å². The minimum absolute atomic E-state index is 0.155. The van der Waals surface area contributed by atoms with E-state index in [0.717, 1.165) is 0 Å². The maximum Gasteiger partial charge on any atom is 0.223 e.